The molecule has 0 aromatic carbocycles. The van der Waals surface area contributed by atoms with Gasteiger partial charge in [0.15, 0.2) is 5.78 Å². The molecule has 1 aromatic heterocycles. The van der Waals surface area contributed by atoms with Crippen LogP contribution in [-0.4, -0.2) is 16.0 Å². The topological polar surface area (TPSA) is 45.8 Å². The zero-order valence-corrected chi connectivity index (χ0v) is 9.26. The number of nitrogens with zero attached hydrogens (tertiary/aromatic N) is 1. The van der Waals surface area contributed by atoms with Gasteiger partial charge >= 0.3 is 0 Å². The molecule has 1 fully saturated rings. The summed E-state index contributed by atoms with van der Waals surface area (Å²) in [5.41, 5.74) is 1.88. The maximum atomic E-state index is 12.4. The normalized spacial score (nSPS) is 26.1. The summed E-state index contributed by atoms with van der Waals surface area (Å²) < 4.78 is 0. The van der Waals surface area contributed by atoms with E-state index in [4.69, 9.17) is 0 Å². The fraction of sp³-hybridized carbons (Fsp3) is 0.667. The fourth-order valence-corrected chi connectivity index (χ4v) is 3.25. The molecule has 1 N–H and O–H groups in total. The maximum absolute atomic E-state index is 12.4. The van der Waals surface area contributed by atoms with Gasteiger partial charge in [-0.1, -0.05) is 20.3 Å². The second kappa shape index (κ2) is 2.52. The van der Waals surface area contributed by atoms with Gasteiger partial charge in [0.25, 0.3) is 0 Å². The highest BCUT2D eigenvalue weighted by molar-refractivity contribution is 6.03. The molecule has 0 radical (unpaired) electrons. The second-order valence-electron chi connectivity index (χ2n) is 5.59. The molecule has 15 heavy (non-hydrogen) atoms. The molecule has 1 heterocycles. The lowest BCUT2D eigenvalue weighted by molar-refractivity contribution is -0.00579. The van der Waals surface area contributed by atoms with Crippen molar-refractivity contribution in [3.63, 3.8) is 0 Å². The Bertz CT molecular complexity index is 427. The van der Waals surface area contributed by atoms with Crippen LogP contribution in [0.4, 0.5) is 0 Å². The van der Waals surface area contributed by atoms with Gasteiger partial charge in [-0.15, -0.1) is 0 Å². The number of carbonyl (C=O) groups is 1. The highest BCUT2D eigenvalue weighted by atomic mass is 16.1. The van der Waals surface area contributed by atoms with Crippen LogP contribution in [0, 0.1) is 10.8 Å². The number of Topliss-reactive ketones (excluding diaryl/α,β-unsaturated/α-hetero) is 1. The van der Waals surface area contributed by atoms with Crippen molar-refractivity contribution in [1.29, 1.82) is 0 Å². The molecule has 2 aliphatic rings. The van der Waals surface area contributed by atoms with Crippen LogP contribution in [0.5, 0.6) is 0 Å². The van der Waals surface area contributed by atoms with Crippen molar-refractivity contribution in [2.75, 3.05) is 0 Å². The Hall–Kier alpha value is -1.12. The molecule has 1 spiro atoms. The lowest BCUT2D eigenvalue weighted by Crippen LogP contribution is -2.53. The lowest BCUT2D eigenvalue weighted by atomic mass is 9.48. The average Bonchev–Trinajstić information content (AvgIpc) is 2.46. The quantitative estimate of drug-likeness (QED) is 0.705. The largest absolute Gasteiger partial charge is 0.293 e. The fourth-order valence-electron chi connectivity index (χ4n) is 3.25. The van der Waals surface area contributed by atoms with E-state index in [0.29, 0.717) is 5.78 Å². The summed E-state index contributed by atoms with van der Waals surface area (Å²) in [5, 5.41) is 6.96. The van der Waals surface area contributed by atoms with E-state index in [-0.39, 0.29) is 10.8 Å². The predicted molar refractivity (Wildman–Crippen MR) is 56.7 cm³/mol. The Kier molecular flexibility index (Phi) is 1.53. The van der Waals surface area contributed by atoms with Crippen molar-refractivity contribution in [2.45, 2.75) is 39.5 Å². The smallest absolute Gasteiger partial charge is 0.172 e. The number of carbonyl (C=O) groups excluding carboxylic acids is 1. The van der Waals surface area contributed by atoms with Crippen molar-refractivity contribution >= 4 is 5.78 Å². The summed E-state index contributed by atoms with van der Waals surface area (Å²) in [5.74, 6) is 0.328. The summed E-state index contributed by atoms with van der Waals surface area (Å²) in [6, 6.07) is 0. The van der Waals surface area contributed by atoms with E-state index < -0.39 is 0 Å². The minimum absolute atomic E-state index is 0.0795. The van der Waals surface area contributed by atoms with Crippen LogP contribution in [0.2, 0.25) is 0 Å². The molecule has 80 valence electrons. The summed E-state index contributed by atoms with van der Waals surface area (Å²) in [7, 11) is 0. The van der Waals surface area contributed by atoms with Crippen molar-refractivity contribution < 1.29 is 4.79 Å². The SMILES string of the molecule is CC1(C)Cc2[nH]ncc2C(=O)C12CCC2. The summed E-state index contributed by atoms with van der Waals surface area (Å²) in [4.78, 5) is 12.4. The molecule has 0 atom stereocenters. The van der Waals surface area contributed by atoms with Gasteiger partial charge in [-0.2, -0.15) is 5.10 Å². The Balaban J connectivity index is 2.16. The molecule has 0 aliphatic heterocycles. The molecule has 1 aromatic rings. The molecule has 3 nitrogen and oxygen atoms in total. The van der Waals surface area contributed by atoms with Crippen molar-refractivity contribution in [3.05, 3.63) is 17.5 Å². The number of hydrogen-bond donors (Lipinski definition) is 1. The van der Waals surface area contributed by atoms with E-state index in [1.807, 2.05) is 0 Å². The zero-order valence-electron chi connectivity index (χ0n) is 9.26. The van der Waals surface area contributed by atoms with Gasteiger partial charge in [-0.25, -0.2) is 0 Å². The van der Waals surface area contributed by atoms with Crippen LogP contribution in [0.15, 0.2) is 6.20 Å². The molecule has 0 unspecified atom stereocenters. The molecule has 2 aliphatic carbocycles. The Labute approximate surface area is 89.3 Å². The predicted octanol–water partition coefficient (Wildman–Crippen LogP) is 2.35. The third-order valence-corrected chi connectivity index (χ3v) is 4.52. The van der Waals surface area contributed by atoms with Gasteiger partial charge in [0.2, 0.25) is 0 Å². The van der Waals surface area contributed by atoms with E-state index in [9.17, 15) is 4.79 Å². The number of ketones is 1. The van der Waals surface area contributed by atoms with Gasteiger partial charge in [0, 0.05) is 11.1 Å². The van der Waals surface area contributed by atoms with Gasteiger partial charge in [0.1, 0.15) is 0 Å². The highest BCUT2D eigenvalue weighted by Gasteiger charge is 2.57. The van der Waals surface area contributed by atoms with Gasteiger partial charge in [-0.3, -0.25) is 9.89 Å². The van der Waals surface area contributed by atoms with Gasteiger partial charge in [-0.05, 0) is 24.7 Å². The van der Waals surface area contributed by atoms with E-state index in [1.54, 1.807) is 6.20 Å². The van der Waals surface area contributed by atoms with Crippen LogP contribution < -0.4 is 0 Å². The minimum atomic E-state index is -0.0795. The van der Waals surface area contributed by atoms with Gasteiger partial charge in [0.05, 0.1) is 11.8 Å². The summed E-state index contributed by atoms with van der Waals surface area (Å²) in [6.45, 7) is 4.43. The monoisotopic (exact) mass is 204 g/mol. The van der Waals surface area contributed by atoms with Crippen LogP contribution in [-0.2, 0) is 6.42 Å². The Morgan fingerprint density at radius 3 is 2.73 bits per heavy atom. The van der Waals surface area contributed by atoms with Crippen LogP contribution in [0.3, 0.4) is 0 Å². The van der Waals surface area contributed by atoms with Crippen molar-refractivity contribution in [1.82, 2.24) is 10.2 Å². The first-order chi connectivity index (χ1) is 7.07. The first kappa shape index (κ1) is 9.13. The number of H-pyrrole nitrogens is 1. The van der Waals surface area contributed by atoms with E-state index in [2.05, 4.69) is 24.0 Å². The number of nitrogens with one attached hydrogen (secondary N) is 1. The third-order valence-electron chi connectivity index (χ3n) is 4.52. The first-order valence-electron chi connectivity index (χ1n) is 5.64. The van der Waals surface area contributed by atoms with Gasteiger partial charge < -0.3 is 0 Å². The molecule has 0 amide bonds. The summed E-state index contributed by atoms with van der Waals surface area (Å²) >= 11 is 0. The third kappa shape index (κ3) is 0.912. The Morgan fingerprint density at radius 2 is 2.13 bits per heavy atom. The average molecular weight is 204 g/mol. The standard InChI is InChI=1S/C12H16N2O/c1-11(2)6-9-8(7-13-14-9)10(15)12(11)4-3-5-12/h7H,3-6H2,1-2H3,(H,13,14). The van der Waals surface area contributed by atoms with E-state index >= 15 is 0 Å². The number of rotatable bonds is 0. The molecule has 0 bridgehead atoms. The molecular formula is C12H16N2O. The number of aromatic nitrogens is 2. The zero-order chi connectivity index (χ0) is 10.7. The molecule has 3 rings (SSSR count). The lowest BCUT2D eigenvalue weighted by Gasteiger charge is -2.54. The number of aromatic amines is 1. The minimum Gasteiger partial charge on any atom is -0.293 e. The molecule has 3 heteroatoms. The Morgan fingerprint density at radius 1 is 1.40 bits per heavy atom. The number of hydrogen-bond acceptors (Lipinski definition) is 2. The molecular weight excluding hydrogens is 188 g/mol. The second-order valence-corrected chi connectivity index (χ2v) is 5.59. The van der Waals surface area contributed by atoms with E-state index in [1.165, 1.54) is 6.42 Å². The van der Waals surface area contributed by atoms with Crippen LogP contribution >= 0.6 is 0 Å². The highest BCUT2D eigenvalue weighted by Crippen LogP contribution is 2.59. The maximum Gasteiger partial charge on any atom is 0.172 e. The van der Waals surface area contributed by atoms with E-state index in [0.717, 1.165) is 30.5 Å². The number of fused-ring (bicyclic) bond motifs is 1. The molecule has 1 saturated carbocycles. The van der Waals surface area contributed by atoms with Crippen molar-refractivity contribution in [2.24, 2.45) is 10.8 Å². The van der Waals surface area contributed by atoms with Crippen LogP contribution in [0.1, 0.15) is 49.2 Å². The van der Waals surface area contributed by atoms with Crippen molar-refractivity contribution in [3.8, 4) is 0 Å². The van der Waals surface area contributed by atoms with Crippen LogP contribution in [0.25, 0.3) is 0 Å². The first-order valence-corrected chi connectivity index (χ1v) is 5.64. The molecule has 0 saturated heterocycles. The summed E-state index contributed by atoms with van der Waals surface area (Å²) in [6.07, 6.45) is 5.97.